The van der Waals surface area contributed by atoms with E-state index in [0.29, 0.717) is 25.7 Å². The zero-order valence-corrected chi connectivity index (χ0v) is 22.7. The van der Waals surface area contributed by atoms with E-state index in [0.717, 1.165) is 56.1 Å². The molecular formula is C30H46N2O3. The number of ether oxygens (including phenoxy) is 2. The third kappa shape index (κ3) is 7.70. The summed E-state index contributed by atoms with van der Waals surface area (Å²) in [6.45, 7) is 18.6. The van der Waals surface area contributed by atoms with Gasteiger partial charge in [0.1, 0.15) is 6.23 Å². The molecule has 0 bridgehead atoms. The van der Waals surface area contributed by atoms with Crippen LogP contribution in [-0.2, 0) is 13.1 Å². The molecule has 35 heavy (non-hydrogen) atoms. The molecule has 0 saturated carbocycles. The highest BCUT2D eigenvalue weighted by molar-refractivity contribution is 5.49. The van der Waals surface area contributed by atoms with Crippen molar-refractivity contribution in [2.24, 2.45) is 11.8 Å². The van der Waals surface area contributed by atoms with E-state index < -0.39 is 6.23 Å². The number of aliphatic hydroxyl groups excluding tert-OH is 1. The molecule has 2 aromatic rings. The van der Waals surface area contributed by atoms with Crippen molar-refractivity contribution in [3.63, 3.8) is 0 Å². The lowest BCUT2D eigenvalue weighted by molar-refractivity contribution is -0.0481. The molecule has 0 aromatic heterocycles. The normalized spacial score (nSPS) is 18.8. The third-order valence-corrected chi connectivity index (χ3v) is 6.67. The highest BCUT2D eigenvalue weighted by atomic mass is 16.5. The number of rotatable bonds is 8. The van der Waals surface area contributed by atoms with Crippen molar-refractivity contribution in [2.45, 2.75) is 73.7 Å². The lowest BCUT2D eigenvalue weighted by Crippen LogP contribution is -2.43. The fourth-order valence-corrected chi connectivity index (χ4v) is 5.20. The van der Waals surface area contributed by atoms with Gasteiger partial charge in [0.25, 0.3) is 0 Å². The predicted octanol–water partition coefficient (Wildman–Crippen LogP) is 5.79. The van der Waals surface area contributed by atoms with Gasteiger partial charge in [-0.15, -0.1) is 0 Å². The van der Waals surface area contributed by atoms with Crippen LogP contribution < -0.4 is 9.47 Å². The van der Waals surface area contributed by atoms with E-state index in [4.69, 9.17) is 9.47 Å². The number of nitrogens with zero attached hydrogens (tertiary/aromatic N) is 2. The van der Waals surface area contributed by atoms with Gasteiger partial charge < -0.3 is 14.6 Å². The minimum atomic E-state index is -0.453. The van der Waals surface area contributed by atoms with Gasteiger partial charge >= 0.3 is 0 Å². The Morgan fingerprint density at radius 2 is 1.83 bits per heavy atom. The van der Waals surface area contributed by atoms with Gasteiger partial charge in [0.15, 0.2) is 11.5 Å². The van der Waals surface area contributed by atoms with Crippen LogP contribution in [0.2, 0.25) is 0 Å². The van der Waals surface area contributed by atoms with Crippen LogP contribution in [0.15, 0.2) is 36.4 Å². The van der Waals surface area contributed by atoms with E-state index in [9.17, 15) is 5.11 Å². The molecule has 0 spiro atoms. The van der Waals surface area contributed by atoms with Gasteiger partial charge in [-0.2, -0.15) is 0 Å². The van der Waals surface area contributed by atoms with E-state index in [-0.39, 0.29) is 5.92 Å². The molecule has 2 aromatic carbocycles. The molecule has 2 aliphatic rings. The van der Waals surface area contributed by atoms with Gasteiger partial charge in [-0.3, -0.25) is 9.80 Å². The first kappa shape index (κ1) is 27.5. The van der Waals surface area contributed by atoms with Crippen LogP contribution in [0.5, 0.6) is 11.5 Å². The highest BCUT2D eigenvalue weighted by Crippen LogP contribution is 2.35. The van der Waals surface area contributed by atoms with Crippen LogP contribution in [0.3, 0.4) is 0 Å². The zero-order chi connectivity index (χ0) is 25.4. The van der Waals surface area contributed by atoms with Crippen LogP contribution >= 0.6 is 0 Å². The number of aryl methyl sites for hydroxylation is 2. The number of likely N-dealkylation sites (tertiary alicyclic amines) is 1. The van der Waals surface area contributed by atoms with Crippen LogP contribution in [-0.4, -0.2) is 54.0 Å². The number of benzene rings is 2. The summed E-state index contributed by atoms with van der Waals surface area (Å²) >= 11 is 0. The van der Waals surface area contributed by atoms with Gasteiger partial charge in [-0.25, -0.2) is 0 Å². The molecule has 2 aliphatic heterocycles. The first-order chi connectivity index (χ1) is 16.9. The third-order valence-electron chi connectivity index (χ3n) is 6.67. The van der Waals surface area contributed by atoms with Crippen molar-refractivity contribution >= 4 is 0 Å². The second-order valence-corrected chi connectivity index (χ2v) is 10.3. The predicted molar refractivity (Wildman–Crippen MR) is 144 cm³/mol. The molecule has 0 radical (unpaired) electrons. The van der Waals surface area contributed by atoms with Crippen LogP contribution in [0.25, 0.3) is 0 Å². The van der Waals surface area contributed by atoms with E-state index in [1.165, 1.54) is 16.7 Å². The van der Waals surface area contributed by atoms with Gasteiger partial charge in [0.05, 0.1) is 13.2 Å². The molecule has 4 rings (SSSR count). The maximum Gasteiger partial charge on any atom is 0.164 e. The lowest BCUT2D eigenvalue weighted by atomic mass is 10.0. The van der Waals surface area contributed by atoms with Crippen molar-refractivity contribution in [1.29, 1.82) is 0 Å². The molecule has 1 N–H and O–H groups in total. The Morgan fingerprint density at radius 1 is 1.06 bits per heavy atom. The van der Waals surface area contributed by atoms with Crippen molar-refractivity contribution in [1.82, 2.24) is 9.80 Å². The summed E-state index contributed by atoms with van der Waals surface area (Å²) in [6.07, 6.45) is 1.48. The Balaban J connectivity index is 0.00000167. The average molecular weight is 483 g/mol. The van der Waals surface area contributed by atoms with E-state index in [1.54, 1.807) is 0 Å². The molecule has 5 nitrogen and oxygen atoms in total. The maximum absolute atomic E-state index is 11.4. The molecule has 1 unspecified atom stereocenters. The Morgan fingerprint density at radius 3 is 2.57 bits per heavy atom. The minimum absolute atomic E-state index is 0.259. The average Bonchev–Trinajstić information content (AvgIpc) is 3.15. The van der Waals surface area contributed by atoms with Gasteiger partial charge in [-0.1, -0.05) is 63.6 Å². The largest absolute Gasteiger partial charge is 0.490 e. The molecule has 2 atom stereocenters. The fourth-order valence-electron chi connectivity index (χ4n) is 5.20. The monoisotopic (exact) mass is 482 g/mol. The lowest BCUT2D eigenvalue weighted by Gasteiger charge is -2.33. The highest BCUT2D eigenvalue weighted by Gasteiger charge is 2.32. The van der Waals surface area contributed by atoms with Gasteiger partial charge in [-0.05, 0) is 55.5 Å². The number of aliphatic hydroxyl groups is 1. The van der Waals surface area contributed by atoms with E-state index >= 15 is 0 Å². The fraction of sp³-hybridized carbons (Fsp3) is 0.600. The Labute approximate surface area is 213 Å². The molecule has 1 saturated heterocycles. The quantitative estimate of drug-likeness (QED) is 0.483. The molecule has 5 heteroatoms. The molecule has 0 aliphatic carbocycles. The maximum atomic E-state index is 11.4. The van der Waals surface area contributed by atoms with Crippen molar-refractivity contribution in [3.05, 3.63) is 58.7 Å². The number of hydrogen-bond donors (Lipinski definition) is 1. The summed E-state index contributed by atoms with van der Waals surface area (Å²) < 4.78 is 11.9. The van der Waals surface area contributed by atoms with Crippen LogP contribution in [0.4, 0.5) is 0 Å². The first-order valence-electron chi connectivity index (χ1n) is 13.5. The molecular weight excluding hydrogens is 436 g/mol. The van der Waals surface area contributed by atoms with E-state index in [1.807, 2.05) is 13.8 Å². The van der Waals surface area contributed by atoms with Crippen molar-refractivity contribution in [3.8, 4) is 11.5 Å². The van der Waals surface area contributed by atoms with Crippen molar-refractivity contribution < 1.29 is 14.6 Å². The standard InChI is InChI=1S/C28H40N2O3.C2H6/c1-20(2)16-30(18-24-14-22(4)27-26(15-24)32-11-6-12-33-27)28(31)25-9-10-29(19-25)17-23-8-5-7-21(3)13-23;1-2/h5,7-8,13-15,20,25,28,31H,6,9-12,16-19H2,1-4H3;1-2H3/t25-,28?;/m1./s1. The summed E-state index contributed by atoms with van der Waals surface area (Å²) in [6, 6.07) is 13.0. The summed E-state index contributed by atoms with van der Waals surface area (Å²) in [5.74, 6) is 2.45. The van der Waals surface area contributed by atoms with Gasteiger partial charge in [0, 0.05) is 38.5 Å². The SMILES string of the molecule is CC.Cc1cccc(CN2CC[C@@H](C(O)N(Cc3cc(C)c4c(c3)OCCCO4)CC(C)C)C2)c1. The second kappa shape index (κ2) is 13.3. The number of fused-ring (bicyclic) bond motifs is 1. The molecule has 194 valence electrons. The smallest absolute Gasteiger partial charge is 0.164 e. The summed E-state index contributed by atoms with van der Waals surface area (Å²) in [5.41, 5.74) is 4.93. The van der Waals surface area contributed by atoms with Crippen LogP contribution in [0, 0.1) is 25.7 Å². The Bertz CT molecular complexity index is 930. The minimum Gasteiger partial charge on any atom is -0.490 e. The Kier molecular flexibility index (Phi) is 10.4. The zero-order valence-electron chi connectivity index (χ0n) is 22.7. The topological polar surface area (TPSA) is 45.2 Å². The molecule has 2 heterocycles. The second-order valence-electron chi connectivity index (χ2n) is 10.3. The van der Waals surface area contributed by atoms with Crippen LogP contribution in [0.1, 0.15) is 62.8 Å². The number of hydrogen-bond acceptors (Lipinski definition) is 5. The van der Waals surface area contributed by atoms with Gasteiger partial charge in [0.2, 0.25) is 0 Å². The first-order valence-corrected chi connectivity index (χ1v) is 13.5. The summed E-state index contributed by atoms with van der Waals surface area (Å²) in [4.78, 5) is 4.73. The summed E-state index contributed by atoms with van der Waals surface area (Å²) in [7, 11) is 0. The van der Waals surface area contributed by atoms with E-state index in [2.05, 4.69) is 73.9 Å². The summed E-state index contributed by atoms with van der Waals surface area (Å²) in [5, 5.41) is 11.4. The molecule has 1 fully saturated rings. The van der Waals surface area contributed by atoms with Crippen molar-refractivity contribution in [2.75, 3.05) is 32.8 Å². The Hall–Kier alpha value is -2.08. The molecule has 0 amide bonds.